The standard InChI is InChI=1S/C22H22N4O2S3.ClH/c1-29-16-3-5-18-20(13-16)31-22(24-18)26(7-6-25-8-10-28-11-9-25)21(27)15-2-4-17-19(12-15)30-14-23-17;/h2-5,12-14H,6-11H2,1H3;1H. The van der Waals surface area contributed by atoms with Crippen LogP contribution in [-0.4, -0.2) is 66.4 Å². The molecule has 0 saturated carbocycles. The van der Waals surface area contributed by atoms with Gasteiger partial charge in [-0.15, -0.1) is 35.5 Å². The van der Waals surface area contributed by atoms with Crippen LogP contribution < -0.4 is 4.90 Å². The summed E-state index contributed by atoms with van der Waals surface area (Å²) in [7, 11) is 0. The van der Waals surface area contributed by atoms with Gasteiger partial charge < -0.3 is 4.74 Å². The molecule has 1 aliphatic heterocycles. The van der Waals surface area contributed by atoms with Crippen molar-refractivity contribution in [1.82, 2.24) is 14.9 Å². The van der Waals surface area contributed by atoms with Crippen molar-refractivity contribution in [3.8, 4) is 0 Å². The highest BCUT2D eigenvalue weighted by atomic mass is 35.5. The molecule has 2 aromatic carbocycles. The minimum absolute atomic E-state index is 0. The zero-order valence-corrected chi connectivity index (χ0v) is 20.8. The number of carbonyl (C=O) groups is 1. The maximum atomic E-state index is 13.6. The number of benzene rings is 2. The van der Waals surface area contributed by atoms with Crippen LogP contribution in [0.1, 0.15) is 10.4 Å². The fraction of sp³-hybridized carbons (Fsp3) is 0.318. The molecule has 0 unspecified atom stereocenters. The third kappa shape index (κ3) is 4.93. The van der Waals surface area contributed by atoms with Gasteiger partial charge in [-0.25, -0.2) is 9.97 Å². The Morgan fingerprint density at radius 2 is 1.97 bits per heavy atom. The molecule has 4 aromatic rings. The number of anilines is 1. The molecule has 1 fully saturated rings. The van der Waals surface area contributed by atoms with Crippen LogP contribution in [0, 0.1) is 0 Å². The lowest BCUT2D eigenvalue weighted by atomic mass is 10.2. The van der Waals surface area contributed by atoms with Gasteiger partial charge in [0.2, 0.25) is 0 Å². The number of thioether (sulfide) groups is 1. The van der Waals surface area contributed by atoms with Crippen molar-refractivity contribution in [2.24, 2.45) is 0 Å². The summed E-state index contributed by atoms with van der Waals surface area (Å²) >= 11 is 4.84. The van der Waals surface area contributed by atoms with Crippen molar-refractivity contribution in [2.75, 3.05) is 50.5 Å². The van der Waals surface area contributed by atoms with Crippen molar-refractivity contribution in [1.29, 1.82) is 0 Å². The Kier molecular flexibility index (Phi) is 7.65. The van der Waals surface area contributed by atoms with Crippen LogP contribution in [0.5, 0.6) is 0 Å². The van der Waals surface area contributed by atoms with Crippen LogP contribution in [0.2, 0.25) is 0 Å². The Morgan fingerprint density at radius 1 is 1.16 bits per heavy atom. The largest absolute Gasteiger partial charge is 0.379 e. The van der Waals surface area contributed by atoms with Crippen LogP contribution >= 0.6 is 46.8 Å². The fourth-order valence-electron chi connectivity index (χ4n) is 3.63. The molecule has 1 saturated heterocycles. The topological polar surface area (TPSA) is 58.6 Å². The number of hydrogen-bond donors (Lipinski definition) is 0. The number of thiazole rings is 2. The minimum Gasteiger partial charge on any atom is -0.379 e. The summed E-state index contributed by atoms with van der Waals surface area (Å²) in [6, 6.07) is 12.0. The molecule has 0 radical (unpaired) electrons. The lowest BCUT2D eigenvalue weighted by Gasteiger charge is -2.29. The van der Waals surface area contributed by atoms with E-state index in [1.54, 1.807) is 34.4 Å². The van der Waals surface area contributed by atoms with Gasteiger partial charge in [0.25, 0.3) is 5.91 Å². The summed E-state index contributed by atoms with van der Waals surface area (Å²) in [5.74, 6) is -0.0206. The smallest absolute Gasteiger partial charge is 0.260 e. The molecule has 32 heavy (non-hydrogen) atoms. The quantitative estimate of drug-likeness (QED) is 0.342. The number of ether oxygens (including phenoxy) is 1. The van der Waals surface area contributed by atoms with Gasteiger partial charge >= 0.3 is 0 Å². The van der Waals surface area contributed by atoms with Crippen LogP contribution in [0.4, 0.5) is 5.13 Å². The third-order valence-electron chi connectivity index (χ3n) is 5.38. The minimum atomic E-state index is -0.0206. The van der Waals surface area contributed by atoms with E-state index in [0.717, 1.165) is 58.4 Å². The van der Waals surface area contributed by atoms with E-state index >= 15 is 0 Å². The second-order valence-corrected chi connectivity index (χ2v) is 10.1. The zero-order valence-electron chi connectivity index (χ0n) is 17.5. The number of hydrogen-bond acceptors (Lipinski definition) is 8. The van der Waals surface area contributed by atoms with Crippen molar-refractivity contribution in [3.05, 3.63) is 47.5 Å². The van der Waals surface area contributed by atoms with E-state index in [1.165, 1.54) is 4.90 Å². The van der Waals surface area contributed by atoms with Gasteiger partial charge in [0.05, 0.1) is 39.2 Å². The normalized spacial score (nSPS) is 14.5. The van der Waals surface area contributed by atoms with E-state index in [1.807, 2.05) is 34.7 Å². The summed E-state index contributed by atoms with van der Waals surface area (Å²) in [6.45, 7) is 4.67. The molecule has 5 rings (SSSR count). The average Bonchev–Trinajstić information content (AvgIpc) is 3.45. The first kappa shape index (κ1) is 23.4. The second-order valence-electron chi connectivity index (χ2n) is 7.28. The molecule has 10 heteroatoms. The maximum absolute atomic E-state index is 13.6. The van der Waals surface area contributed by atoms with Crippen molar-refractivity contribution in [3.63, 3.8) is 0 Å². The highest BCUT2D eigenvalue weighted by Gasteiger charge is 2.23. The van der Waals surface area contributed by atoms with Gasteiger partial charge in [-0.05, 0) is 42.7 Å². The molecule has 0 atom stereocenters. The Morgan fingerprint density at radius 3 is 2.78 bits per heavy atom. The number of carbonyl (C=O) groups excluding carboxylic acids is 1. The van der Waals surface area contributed by atoms with E-state index in [-0.39, 0.29) is 18.3 Å². The SMILES string of the molecule is CSc1ccc2nc(N(CCN3CCOCC3)C(=O)c3ccc4ncsc4c3)sc2c1.Cl. The maximum Gasteiger partial charge on any atom is 0.260 e. The lowest BCUT2D eigenvalue weighted by molar-refractivity contribution is 0.0391. The van der Waals surface area contributed by atoms with E-state index in [4.69, 9.17) is 9.72 Å². The van der Waals surface area contributed by atoms with Crippen LogP contribution in [0.3, 0.4) is 0 Å². The number of rotatable bonds is 6. The first-order valence-corrected chi connectivity index (χ1v) is 13.0. The molecule has 0 spiro atoms. The Hall–Kier alpha value is -1.75. The van der Waals surface area contributed by atoms with Crippen LogP contribution in [-0.2, 0) is 4.74 Å². The molecule has 6 nitrogen and oxygen atoms in total. The first-order chi connectivity index (χ1) is 15.2. The second kappa shape index (κ2) is 10.5. The third-order valence-corrected chi connectivity index (χ3v) is 7.94. The highest BCUT2D eigenvalue weighted by Crippen LogP contribution is 2.32. The molecule has 3 heterocycles. The van der Waals surface area contributed by atoms with Gasteiger partial charge in [-0.1, -0.05) is 11.3 Å². The zero-order chi connectivity index (χ0) is 21.2. The number of halogens is 1. The molecule has 0 aliphatic carbocycles. The van der Waals surface area contributed by atoms with Crippen LogP contribution in [0.25, 0.3) is 20.4 Å². The van der Waals surface area contributed by atoms with E-state index in [9.17, 15) is 4.79 Å². The highest BCUT2D eigenvalue weighted by molar-refractivity contribution is 7.98. The average molecular weight is 507 g/mol. The predicted octanol–water partition coefficient (Wildman–Crippen LogP) is 5.03. The van der Waals surface area contributed by atoms with Crippen molar-refractivity contribution in [2.45, 2.75) is 4.90 Å². The van der Waals surface area contributed by atoms with Gasteiger partial charge in [0.1, 0.15) is 0 Å². The molecule has 2 aromatic heterocycles. The number of nitrogens with zero attached hydrogens (tertiary/aromatic N) is 4. The van der Waals surface area contributed by atoms with Gasteiger partial charge in [-0.3, -0.25) is 14.6 Å². The number of morpholine rings is 1. The molecule has 1 aliphatic rings. The number of fused-ring (bicyclic) bond motifs is 2. The molecular weight excluding hydrogens is 484 g/mol. The lowest BCUT2D eigenvalue weighted by Crippen LogP contribution is -2.43. The molecule has 0 bridgehead atoms. The summed E-state index contributed by atoms with van der Waals surface area (Å²) < 4.78 is 7.59. The van der Waals surface area contributed by atoms with Crippen LogP contribution in [0.15, 0.2) is 46.8 Å². The Labute approximate surface area is 205 Å². The van der Waals surface area contributed by atoms with Gasteiger partial charge in [-0.2, -0.15) is 0 Å². The number of amides is 1. The Bertz CT molecular complexity index is 1220. The first-order valence-electron chi connectivity index (χ1n) is 10.1. The molecule has 1 amide bonds. The number of aromatic nitrogens is 2. The summed E-state index contributed by atoms with van der Waals surface area (Å²) in [6.07, 6.45) is 2.07. The molecule has 168 valence electrons. The summed E-state index contributed by atoms with van der Waals surface area (Å²) in [4.78, 5) is 28.1. The fourth-order valence-corrected chi connectivity index (χ4v) is 5.89. The Balaban J connectivity index is 0.00000245. The van der Waals surface area contributed by atoms with E-state index in [2.05, 4.69) is 28.3 Å². The predicted molar refractivity (Wildman–Crippen MR) is 137 cm³/mol. The van der Waals surface area contributed by atoms with Gasteiger partial charge in [0.15, 0.2) is 5.13 Å². The summed E-state index contributed by atoms with van der Waals surface area (Å²) in [5.41, 5.74) is 4.33. The molecule has 0 N–H and O–H groups in total. The van der Waals surface area contributed by atoms with Gasteiger partial charge in [0, 0.05) is 36.6 Å². The van der Waals surface area contributed by atoms with E-state index < -0.39 is 0 Å². The monoisotopic (exact) mass is 506 g/mol. The van der Waals surface area contributed by atoms with Crippen molar-refractivity contribution < 1.29 is 9.53 Å². The van der Waals surface area contributed by atoms with E-state index in [0.29, 0.717) is 12.1 Å². The molecular formula is C22H23ClN4O2S3. The van der Waals surface area contributed by atoms with Crippen molar-refractivity contribution >= 4 is 78.3 Å². The summed E-state index contributed by atoms with van der Waals surface area (Å²) in [5, 5.41) is 0.746.